The summed E-state index contributed by atoms with van der Waals surface area (Å²) in [6.45, 7) is 20.7. The molecule has 0 aliphatic carbocycles. The summed E-state index contributed by atoms with van der Waals surface area (Å²) >= 11 is 0. The molecule has 0 aliphatic heterocycles. The highest BCUT2D eigenvalue weighted by molar-refractivity contribution is 5.22. The van der Waals surface area contributed by atoms with Gasteiger partial charge in [0.25, 0.3) is 0 Å². The highest BCUT2D eigenvalue weighted by Crippen LogP contribution is 2.09. The van der Waals surface area contributed by atoms with Crippen molar-refractivity contribution in [1.82, 2.24) is 0 Å². The smallest absolute Gasteiger partial charge is 0.126 e. The van der Waals surface area contributed by atoms with Crippen LogP contribution in [-0.2, 0) is 4.74 Å². The van der Waals surface area contributed by atoms with Gasteiger partial charge in [0.1, 0.15) is 11.5 Å². The first kappa shape index (κ1) is 21.5. The van der Waals surface area contributed by atoms with E-state index in [9.17, 15) is 0 Å². The van der Waals surface area contributed by atoms with Crippen LogP contribution >= 0.6 is 0 Å². The standard InChI is InChI=1S/C13H16O.2C2H6/c1-5-9-11-13(8-4)14-12(7-3)10-6-2;2*1-2/h5-11H,1-3H2,4H3;2*1-2H3/b11-9-,12-10+,13-8+;;. The van der Waals surface area contributed by atoms with E-state index in [1.165, 1.54) is 0 Å². The number of ether oxygens (including phenoxy) is 1. The zero-order valence-corrected chi connectivity index (χ0v) is 12.6. The van der Waals surface area contributed by atoms with Crippen molar-refractivity contribution in [2.75, 3.05) is 0 Å². The first-order chi connectivity index (χ1) is 8.78. The fraction of sp³-hybridized carbons (Fsp3) is 0.294. The molecule has 0 aromatic heterocycles. The van der Waals surface area contributed by atoms with Crippen molar-refractivity contribution >= 4 is 0 Å². The normalized spacial score (nSPS) is 10.5. The van der Waals surface area contributed by atoms with Crippen molar-refractivity contribution in [1.29, 1.82) is 0 Å². The fourth-order valence-electron chi connectivity index (χ4n) is 0.748. The quantitative estimate of drug-likeness (QED) is 0.416. The third kappa shape index (κ3) is 14.2. The lowest BCUT2D eigenvalue weighted by molar-refractivity contribution is 0.336. The molecule has 0 saturated carbocycles. The summed E-state index contributed by atoms with van der Waals surface area (Å²) in [7, 11) is 0. The largest absolute Gasteiger partial charge is 0.458 e. The van der Waals surface area contributed by atoms with Crippen LogP contribution in [0.2, 0.25) is 0 Å². The molecule has 0 rings (SSSR count). The second-order valence-corrected chi connectivity index (χ2v) is 2.40. The molecule has 102 valence electrons. The number of hydrogen-bond donors (Lipinski definition) is 0. The molecule has 0 saturated heterocycles. The molecule has 1 nitrogen and oxygen atoms in total. The zero-order chi connectivity index (χ0) is 14.8. The Labute approximate surface area is 114 Å². The van der Waals surface area contributed by atoms with Crippen LogP contribution in [0.3, 0.4) is 0 Å². The number of hydrogen-bond acceptors (Lipinski definition) is 1. The third-order valence-electron chi connectivity index (χ3n) is 1.40. The average Bonchev–Trinajstić information content (AvgIpc) is 2.46. The van der Waals surface area contributed by atoms with Crippen LogP contribution in [0.4, 0.5) is 0 Å². The van der Waals surface area contributed by atoms with Crippen LogP contribution in [0.15, 0.2) is 73.8 Å². The Morgan fingerprint density at radius 3 is 1.78 bits per heavy atom. The van der Waals surface area contributed by atoms with E-state index in [-0.39, 0.29) is 0 Å². The topological polar surface area (TPSA) is 9.23 Å². The molecule has 0 heterocycles. The van der Waals surface area contributed by atoms with Crippen LogP contribution in [0.5, 0.6) is 0 Å². The molecule has 0 bridgehead atoms. The maximum absolute atomic E-state index is 5.49. The second kappa shape index (κ2) is 20.6. The van der Waals surface area contributed by atoms with Gasteiger partial charge in [-0.3, -0.25) is 0 Å². The molecule has 0 aromatic rings. The Hall–Kier alpha value is -1.76. The molecule has 1 heteroatoms. The predicted octanol–water partition coefficient (Wildman–Crippen LogP) is 5.96. The zero-order valence-electron chi connectivity index (χ0n) is 12.6. The van der Waals surface area contributed by atoms with E-state index in [0.29, 0.717) is 5.76 Å². The molecule has 0 aliphatic rings. The van der Waals surface area contributed by atoms with Gasteiger partial charge in [-0.05, 0) is 31.2 Å². The molecule has 0 atom stereocenters. The first-order valence-corrected chi connectivity index (χ1v) is 6.37. The molecule has 0 fully saturated rings. The molecule has 0 aromatic carbocycles. The highest BCUT2D eigenvalue weighted by Gasteiger charge is 1.93. The van der Waals surface area contributed by atoms with Crippen LogP contribution in [0.1, 0.15) is 34.6 Å². The summed E-state index contributed by atoms with van der Waals surface area (Å²) in [5.74, 6) is 1.42. The molecule has 0 N–H and O–H groups in total. The van der Waals surface area contributed by atoms with Crippen molar-refractivity contribution in [3.63, 3.8) is 0 Å². The van der Waals surface area contributed by atoms with E-state index in [4.69, 9.17) is 4.74 Å². The minimum absolute atomic E-state index is 0.668. The monoisotopic (exact) mass is 248 g/mol. The predicted molar refractivity (Wildman–Crippen MR) is 85.4 cm³/mol. The molecule has 0 unspecified atom stereocenters. The summed E-state index contributed by atoms with van der Waals surface area (Å²) in [6, 6.07) is 0. The van der Waals surface area contributed by atoms with Gasteiger partial charge in [0.05, 0.1) is 0 Å². The molecular weight excluding hydrogens is 220 g/mol. The van der Waals surface area contributed by atoms with Crippen LogP contribution in [0.25, 0.3) is 0 Å². The summed E-state index contributed by atoms with van der Waals surface area (Å²) in [4.78, 5) is 0. The molecule has 18 heavy (non-hydrogen) atoms. The van der Waals surface area contributed by atoms with Gasteiger partial charge in [0.15, 0.2) is 0 Å². The molecule has 0 amide bonds. The maximum Gasteiger partial charge on any atom is 0.126 e. The van der Waals surface area contributed by atoms with Gasteiger partial charge in [0, 0.05) is 0 Å². The lowest BCUT2D eigenvalue weighted by Crippen LogP contribution is -1.87. The molecule has 0 radical (unpaired) electrons. The van der Waals surface area contributed by atoms with Gasteiger partial charge in [-0.1, -0.05) is 65.7 Å². The lowest BCUT2D eigenvalue weighted by Gasteiger charge is -2.05. The fourth-order valence-corrected chi connectivity index (χ4v) is 0.748. The number of rotatable bonds is 6. The summed E-state index contributed by atoms with van der Waals surface area (Å²) in [5.41, 5.74) is 0. The number of allylic oxidation sites excluding steroid dienone is 7. The Kier molecular flexibility index (Phi) is 24.7. The van der Waals surface area contributed by atoms with Gasteiger partial charge < -0.3 is 4.74 Å². The summed E-state index contributed by atoms with van der Waals surface area (Å²) in [5, 5.41) is 0. The Balaban J connectivity index is -0.000000506. The van der Waals surface area contributed by atoms with Gasteiger partial charge in [-0.2, -0.15) is 0 Å². The van der Waals surface area contributed by atoms with Crippen LogP contribution in [-0.4, -0.2) is 0 Å². The van der Waals surface area contributed by atoms with Crippen molar-refractivity contribution in [2.24, 2.45) is 0 Å². The SMILES string of the molecule is C=C/C=C\C(=C/C)O/C(C=C)=C/C=C.CC.CC. The van der Waals surface area contributed by atoms with Gasteiger partial charge >= 0.3 is 0 Å². The van der Waals surface area contributed by atoms with Crippen molar-refractivity contribution in [2.45, 2.75) is 34.6 Å². The van der Waals surface area contributed by atoms with E-state index in [0.717, 1.165) is 5.76 Å². The summed E-state index contributed by atoms with van der Waals surface area (Å²) in [6.07, 6.45) is 12.2. The van der Waals surface area contributed by atoms with Crippen molar-refractivity contribution < 1.29 is 4.74 Å². The Bertz CT molecular complexity index is 291. The molecular formula is C17H28O. The van der Waals surface area contributed by atoms with E-state index in [1.807, 2.05) is 52.8 Å². The summed E-state index contributed by atoms with van der Waals surface area (Å²) < 4.78 is 5.49. The Morgan fingerprint density at radius 1 is 0.889 bits per heavy atom. The minimum Gasteiger partial charge on any atom is -0.458 e. The van der Waals surface area contributed by atoms with Gasteiger partial charge in [0.2, 0.25) is 0 Å². The maximum atomic E-state index is 5.49. The first-order valence-electron chi connectivity index (χ1n) is 6.37. The molecule has 0 spiro atoms. The lowest BCUT2D eigenvalue weighted by atomic mass is 10.3. The van der Waals surface area contributed by atoms with Crippen LogP contribution in [0, 0.1) is 0 Å². The average molecular weight is 248 g/mol. The third-order valence-corrected chi connectivity index (χ3v) is 1.40. The van der Waals surface area contributed by atoms with Gasteiger partial charge in [-0.25, -0.2) is 0 Å². The van der Waals surface area contributed by atoms with E-state index < -0.39 is 0 Å². The Morgan fingerprint density at radius 2 is 1.44 bits per heavy atom. The van der Waals surface area contributed by atoms with E-state index in [1.54, 1.807) is 24.3 Å². The second-order valence-electron chi connectivity index (χ2n) is 2.40. The minimum atomic E-state index is 0.668. The highest BCUT2D eigenvalue weighted by atomic mass is 16.5. The van der Waals surface area contributed by atoms with E-state index >= 15 is 0 Å². The van der Waals surface area contributed by atoms with Crippen molar-refractivity contribution in [3.8, 4) is 0 Å². The van der Waals surface area contributed by atoms with Crippen molar-refractivity contribution in [3.05, 3.63) is 73.8 Å². The van der Waals surface area contributed by atoms with Gasteiger partial charge in [-0.15, -0.1) is 0 Å². The van der Waals surface area contributed by atoms with E-state index in [2.05, 4.69) is 19.7 Å². The van der Waals surface area contributed by atoms with Crippen LogP contribution < -0.4 is 0 Å².